The number of rotatable bonds is 5. The van der Waals surface area contributed by atoms with Gasteiger partial charge in [-0.05, 0) is 12.5 Å². The lowest BCUT2D eigenvalue weighted by molar-refractivity contribution is -0.385. The van der Waals surface area contributed by atoms with Crippen LogP contribution in [0.5, 0.6) is 5.75 Å². The van der Waals surface area contributed by atoms with Gasteiger partial charge in [0.05, 0.1) is 11.0 Å². The van der Waals surface area contributed by atoms with Gasteiger partial charge in [0.2, 0.25) is 0 Å². The normalized spacial score (nSPS) is 13.2. The van der Waals surface area contributed by atoms with Crippen LogP contribution >= 0.6 is 0 Å². The Labute approximate surface area is 102 Å². The lowest BCUT2D eigenvalue weighted by atomic mass is 10.1. The molecule has 0 saturated heterocycles. The molecule has 1 rings (SSSR count). The SMILES string of the molecule is CCC(Oc1ccc([N+](=O)[O-])cc1F)C(C)(F)F. The van der Waals surface area contributed by atoms with Gasteiger partial charge in [-0.25, -0.2) is 13.2 Å². The molecule has 4 nitrogen and oxygen atoms in total. The fraction of sp³-hybridized carbons (Fsp3) is 0.455. The molecule has 18 heavy (non-hydrogen) atoms. The topological polar surface area (TPSA) is 52.4 Å². The molecule has 1 aromatic carbocycles. The van der Waals surface area contributed by atoms with Crippen LogP contribution in [-0.4, -0.2) is 16.9 Å². The van der Waals surface area contributed by atoms with Crippen LogP contribution in [0.1, 0.15) is 20.3 Å². The van der Waals surface area contributed by atoms with E-state index in [0.717, 1.165) is 12.1 Å². The molecular formula is C11H12F3NO3. The van der Waals surface area contributed by atoms with E-state index in [9.17, 15) is 23.3 Å². The summed E-state index contributed by atoms with van der Waals surface area (Å²) in [6.45, 7) is 2.15. The summed E-state index contributed by atoms with van der Waals surface area (Å²) in [6.07, 6.45) is -1.49. The summed E-state index contributed by atoms with van der Waals surface area (Å²) in [5.41, 5.74) is -0.462. The highest BCUT2D eigenvalue weighted by atomic mass is 19.3. The average Bonchev–Trinajstić information content (AvgIpc) is 2.25. The minimum Gasteiger partial charge on any atom is -0.481 e. The molecule has 100 valence electrons. The molecule has 0 aliphatic rings. The Morgan fingerprint density at radius 1 is 1.50 bits per heavy atom. The van der Waals surface area contributed by atoms with Crippen molar-refractivity contribution >= 4 is 5.69 Å². The molecule has 0 aliphatic carbocycles. The summed E-state index contributed by atoms with van der Waals surface area (Å²) in [7, 11) is 0. The number of benzene rings is 1. The van der Waals surface area contributed by atoms with E-state index in [0.29, 0.717) is 13.0 Å². The third-order valence-corrected chi connectivity index (χ3v) is 2.33. The number of nitro benzene ring substituents is 1. The molecule has 0 saturated carbocycles. The van der Waals surface area contributed by atoms with Crippen LogP contribution in [0, 0.1) is 15.9 Å². The van der Waals surface area contributed by atoms with Gasteiger partial charge in [-0.3, -0.25) is 10.1 Å². The van der Waals surface area contributed by atoms with Crippen molar-refractivity contribution in [3.8, 4) is 5.75 Å². The minimum absolute atomic E-state index is 0.0140. The maximum atomic E-state index is 13.4. The van der Waals surface area contributed by atoms with E-state index in [1.54, 1.807) is 0 Å². The third-order valence-electron chi connectivity index (χ3n) is 2.33. The Hall–Kier alpha value is -1.79. The van der Waals surface area contributed by atoms with Crippen LogP contribution in [-0.2, 0) is 0 Å². The molecule has 0 bridgehead atoms. The van der Waals surface area contributed by atoms with Gasteiger partial charge in [0.25, 0.3) is 11.6 Å². The van der Waals surface area contributed by atoms with E-state index in [-0.39, 0.29) is 6.42 Å². The fourth-order valence-electron chi connectivity index (χ4n) is 1.40. The van der Waals surface area contributed by atoms with Gasteiger partial charge in [-0.1, -0.05) is 6.92 Å². The van der Waals surface area contributed by atoms with Crippen LogP contribution in [0.25, 0.3) is 0 Å². The monoisotopic (exact) mass is 263 g/mol. The Bertz CT molecular complexity index is 446. The van der Waals surface area contributed by atoms with E-state index in [1.807, 2.05) is 0 Å². The Kier molecular flexibility index (Phi) is 4.15. The molecule has 1 atom stereocenters. The first-order chi connectivity index (χ1) is 8.25. The summed E-state index contributed by atoms with van der Waals surface area (Å²) >= 11 is 0. The fourth-order valence-corrected chi connectivity index (χ4v) is 1.40. The molecule has 1 unspecified atom stereocenters. The van der Waals surface area contributed by atoms with Gasteiger partial charge in [0.1, 0.15) is 0 Å². The second-order valence-corrected chi connectivity index (χ2v) is 3.84. The summed E-state index contributed by atoms with van der Waals surface area (Å²) in [4.78, 5) is 9.60. The Balaban J connectivity index is 2.95. The van der Waals surface area contributed by atoms with Gasteiger partial charge in [-0.15, -0.1) is 0 Å². The molecule has 0 amide bonds. The van der Waals surface area contributed by atoms with Crippen molar-refractivity contribution in [2.75, 3.05) is 0 Å². The highest BCUT2D eigenvalue weighted by Crippen LogP contribution is 2.28. The molecule has 7 heteroatoms. The second kappa shape index (κ2) is 5.24. The van der Waals surface area contributed by atoms with Crippen LogP contribution in [0.15, 0.2) is 18.2 Å². The van der Waals surface area contributed by atoms with E-state index in [2.05, 4.69) is 0 Å². The Morgan fingerprint density at radius 3 is 2.50 bits per heavy atom. The number of alkyl halides is 2. The lowest BCUT2D eigenvalue weighted by Gasteiger charge is -2.23. The number of ether oxygens (including phenoxy) is 1. The first-order valence-electron chi connectivity index (χ1n) is 5.24. The number of nitrogens with zero attached hydrogens (tertiary/aromatic N) is 1. The highest BCUT2D eigenvalue weighted by molar-refractivity contribution is 5.37. The lowest BCUT2D eigenvalue weighted by Crippen LogP contribution is -2.35. The molecule has 0 fully saturated rings. The van der Waals surface area contributed by atoms with Crippen molar-refractivity contribution in [2.24, 2.45) is 0 Å². The van der Waals surface area contributed by atoms with Crippen molar-refractivity contribution in [3.05, 3.63) is 34.1 Å². The molecule has 0 aliphatic heterocycles. The van der Waals surface area contributed by atoms with Crippen molar-refractivity contribution in [1.82, 2.24) is 0 Å². The number of halogens is 3. The summed E-state index contributed by atoms with van der Waals surface area (Å²) < 4.78 is 44.4. The number of nitro groups is 1. The van der Waals surface area contributed by atoms with Gasteiger partial charge < -0.3 is 4.74 Å². The van der Waals surface area contributed by atoms with Crippen LogP contribution < -0.4 is 4.74 Å². The summed E-state index contributed by atoms with van der Waals surface area (Å²) in [5.74, 6) is -4.58. The quantitative estimate of drug-likeness (QED) is 0.603. The number of hydrogen-bond acceptors (Lipinski definition) is 3. The van der Waals surface area contributed by atoms with E-state index in [1.165, 1.54) is 6.92 Å². The molecular weight excluding hydrogens is 251 g/mol. The second-order valence-electron chi connectivity index (χ2n) is 3.84. The Morgan fingerprint density at radius 2 is 2.11 bits per heavy atom. The first-order valence-corrected chi connectivity index (χ1v) is 5.24. The van der Waals surface area contributed by atoms with Crippen molar-refractivity contribution < 1.29 is 22.8 Å². The predicted octanol–water partition coefficient (Wildman–Crippen LogP) is 3.55. The van der Waals surface area contributed by atoms with Gasteiger partial charge in [-0.2, -0.15) is 0 Å². The maximum absolute atomic E-state index is 13.4. The molecule has 1 aromatic rings. The van der Waals surface area contributed by atoms with E-state index in [4.69, 9.17) is 4.74 Å². The largest absolute Gasteiger partial charge is 0.481 e. The van der Waals surface area contributed by atoms with Crippen molar-refractivity contribution in [2.45, 2.75) is 32.3 Å². The molecule has 0 N–H and O–H groups in total. The zero-order chi connectivity index (χ0) is 13.9. The predicted molar refractivity (Wildman–Crippen MR) is 58.4 cm³/mol. The van der Waals surface area contributed by atoms with Gasteiger partial charge >= 0.3 is 0 Å². The zero-order valence-electron chi connectivity index (χ0n) is 9.82. The molecule has 0 spiro atoms. The minimum atomic E-state index is -3.12. The zero-order valence-corrected chi connectivity index (χ0v) is 9.82. The van der Waals surface area contributed by atoms with Crippen LogP contribution in [0.4, 0.5) is 18.9 Å². The molecule has 0 heterocycles. The van der Waals surface area contributed by atoms with E-state index < -0.39 is 34.2 Å². The average molecular weight is 263 g/mol. The van der Waals surface area contributed by atoms with Gasteiger partial charge in [0.15, 0.2) is 17.7 Å². The molecule has 0 aromatic heterocycles. The summed E-state index contributed by atoms with van der Waals surface area (Å²) in [6, 6.07) is 2.61. The maximum Gasteiger partial charge on any atom is 0.281 e. The van der Waals surface area contributed by atoms with Crippen LogP contribution in [0.2, 0.25) is 0 Å². The third kappa shape index (κ3) is 3.35. The van der Waals surface area contributed by atoms with E-state index >= 15 is 0 Å². The smallest absolute Gasteiger partial charge is 0.281 e. The van der Waals surface area contributed by atoms with Gasteiger partial charge in [0, 0.05) is 13.0 Å². The van der Waals surface area contributed by atoms with Crippen molar-refractivity contribution in [1.29, 1.82) is 0 Å². The first kappa shape index (κ1) is 14.3. The highest BCUT2D eigenvalue weighted by Gasteiger charge is 2.35. The summed E-state index contributed by atoms with van der Waals surface area (Å²) in [5, 5.41) is 10.4. The van der Waals surface area contributed by atoms with Crippen LogP contribution in [0.3, 0.4) is 0 Å². The number of hydrogen-bond donors (Lipinski definition) is 0. The number of non-ortho nitro benzene ring substituents is 1. The molecule has 0 radical (unpaired) electrons. The van der Waals surface area contributed by atoms with Crippen molar-refractivity contribution in [3.63, 3.8) is 0 Å². The standard InChI is InChI=1S/C11H12F3NO3/c1-3-10(11(2,13)14)18-9-5-4-7(15(16)17)6-8(9)12/h4-6,10H,3H2,1-2H3.